The van der Waals surface area contributed by atoms with Crippen LogP contribution in [0.5, 0.6) is 0 Å². The number of rotatable bonds is 7. The molecule has 0 spiro atoms. The molecule has 0 saturated heterocycles. The van der Waals surface area contributed by atoms with Gasteiger partial charge in [-0.1, -0.05) is 6.07 Å². The summed E-state index contributed by atoms with van der Waals surface area (Å²) >= 11 is 0. The minimum absolute atomic E-state index is 0.169. The first kappa shape index (κ1) is 19.1. The molecular weight excluding hydrogens is 338 g/mol. The van der Waals surface area contributed by atoms with Crippen LogP contribution in [0.1, 0.15) is 16.7 Å². The number of amides is 1. The molecular formula is C18H23N3O3S. The van der Waals surface area contributed by atoms with Gasteiger partial charge in [-0.15, -0.1) is 0 Å². The van der Waals surface area contributed by atoms with Crippen LogP contribution >= 0.6 is 0 Å². The Morgan fingerprint density at radius 1 is 1.12 bits per heavy atom. The molecule has 2 aromatic rings. The molecule has 1 amide bonds. The number of pyridine rings is 1. The summed E-state index contributed by atoms with van der Waals surface area (Å²) in [5.41, 5.74) is 2.99. The zero-order chi connectivity index (χ0) is 18.4. The normalized spacial score (nSPS) is 11.3. The smallest absolute Gasteiger partial charge is 0.241 e. The van der Waals surface area contributed by atoms with Crippen LogP contribution in [0.15, 0.2) is 47.6 Å². The zero-order valence-corrected chi connectivity index (χ0v) is 15.5. The largest absolute Gasteiger partial charge is 0.344 e. The second-order valence-electron chi connectivity index (χ2n) is 5.99. The number of hydrogen-bond donors (Lipinski definition) is 1. The Bertz CT molecular complexity index is 836. The number of sulfonamides is 1. The SMILES string of the molecule is Cc1ccc(S(=O)(=O)NCC(=O)N(C)CCc2ccncc2)cc1C. The number of carbonyl (C=O) groups excluding carboxylic acids is 1. The summed E-state index contributed by atoms with van der Waals surface area (Å²) in [6.07, 6.45) is 4.10. The second-order valence-corrected chi connectivity index (χ2v) is 7.76. The van der Waals surface area contributed by atoms with Crippen molar-refractivity contribution >= 4 is 15.9 Å². The van der Waals surface area contributed by atoms with Gasteiger partial charge in [-0.2, -0.15) is 0 Å². The number of aromatic nitrogens is 1. The maximum absolute atomic E-state index is 12.3. The van der Waals surface area contributed by atoms with Crippen molar-refractivity contribution in [1.29, 1.82) is 0 Å². The summed E-state index contributed by atoms with van der Waals surface area (Å²) in [6.45, 7) is 4.02. The lowest BCUT2D eigenvalue weighted by atomic mass is 10.1. The Morgan fingerprint density at radius 3 is 2.44 bits per heavy atom. The fourth-order valence-electron chi connectivity index (χ4n) is 2.23. The maximum Gasteiger partial charge on any atom is 0.241 e. The van der Waals surface area contributed by atoms with Crippen molar-refractivity contribution in [3.05, 3.63) is 59.4 Å². The van der Waals surface area contributed by atoms with E-state index in [4.69, 9.17) is 0 Å². The van der Waals surface area contributed by atoms with Gasteiger partial charge in [0.2, 0.25) is 15.9 Å². The number of carbonyl (C=O) groups is 1. The first-order chi connectivity index (χ1) is 11.8. The van der Waals surface area contributed by atoms with Gasteiger partial charge in [0, 0.05) is 26.0 Å². The van der Waals surface area contributed by atoms with Crippen LogP contribution in [0.2, 0.25) is 0 Å². The van der Waals surface area contributed by atoms with Crippen LogP contribution < -0.4 is 4.72 Å². The summed E-state index contributed by atoms with van der Waals surface area (Å²) in [7, 11) is -2.04. The number of benzene rings is 1. The average molecular weight is 361 g/mol. The van der Waals surface area contributed by atoms with E-state index < -0.39 is 10.0 Å². The predicted octanol–water partition coefficient (Wildman–Crippen LogP) is 1.68. The van der Waals surface area contributed by atoms with E-state index in [0.717, 1.165) is 16.7 Å². The number of aryl methyl sites for hydroxylation is 2. The van der Waals surface area contributed by atoms with Crippen molar-refractivity contribution in [3.63, 3.8) is 0 Å². The van der Waals surface area contributed by atoms with Crippen LogP contribution in [0.4, 0.5) is 0 Å². The molecule has 134 valence electrons. The van der Waals surface area contributed by atoms with Gasteiger partial charge in [-0.3, -0.25) is 9.78 Å². The summed E-state index contributed by atoms with van der Waals surface area (Å²) < 4.78 is 27.0. The van der Waals surface area contributed by atoms with Crippen LogP contribution in [0.25, 0.3) is 0 Å². The summed E-state index contributed by atoms with van der Waals surface area (Å²) in [6, 6.07) is 8.69. The number of nitrogens with one attached hydrogen (secondary N) is 1. The zero-order valence-electron chi connectivity index (χ0n) is 14.7. The molecule has 0 fully saturated rings. The Labute approximate surface area is 148 Å². The van der Waals surface area contributed by atoms with Gasteiger partial charge < -0.3 is 4.90 Å². The van der Waals surface area contributed by atoms with E-state index in [9.17, 15) is 13.2 Å². The first-order valence-corrected chi connectivity index (χ1v) is 9.48. The molecule has 1 aromatic heterocycles. The van der Waals surface area contributed by atoms with Gasteiger partial charge in [0.15, 0.2) is 0 Å². The molecule has 0 unspecified atom stereocenters. The molecule has 0 aliphatic rings. The quantitative estimate of drug-likeness (QED) is 0.814. The van der Waals surface area contributed by atoms with Crippen LogP contribution in [-0.4, -0.2) is 44.3 Å². The van der Waals surface area contributed by atoms with E-state index in [1.54, 1.807) is 37.6 Å². The molecule has 1 aromatic carbocycles. The van der Waals surface area contributed by atoms with Crippen molar-refractivity contribution < 1.29 is 13.2 Å². The van der Waals surface area contributed by atoms with Gasteiger partial charge in [-0.05, 0) is 61.2 Å². The fourth-order valence-corrected chi connectivity index (χ4v) is 3.29. The van der Waals surface area contributed by atoms with E-state index in [-0.39, 0.29) is 17.3 Å². The highest BCUT2D eigenvalue weighted by atomic mass is 32.2. The second kappa shape index (κ2) is 8.22. The summed E-state index contributed by atoms with van der Waals surface area (Å²) in [5.74, 6) is -0.276. The van der Waals surface area contributed by atoms with E-state index in [2.05, 4.69) is 9.71 Å². The van der Waals surface area contributed by atoms with Gasteiger partial charge >= 0.3 is 0 Å². The third-order valence-corrected chi connectivity index (χ3v) is 5.51. The maximum atomic E-state index is 12.3. The minimum Gasteiger partial charge on any atom is -0.344 e. The third-order valence-electron chi connectivity index (χ3n) is 4.11. The van der Waals surface area contributed by atoms with Crippen molar-refractivity contribution in [2.24, 2.45) is 0 Å². The third kappa shape index (κ3) is 5.37. The highest BCUT2D eigenvalue weighted by molar-refractivity contribution is 7.89. The van der Waals surface area contributed by atoms with Crippen molar-refractivity contribution in [3.8, 4) is 0 Å². The molecule has 1 N–H and O–H groups in total. The standard InChI is InChI=1S/C18H23N3O3S/c1-14-4-5-17(12-15(14)2)25(23,24)20-13-18(22)21(3)11-8-16-6-9-19-10-7-16/h4-7,9-10,12,20H,8,11,13H2,1-3H3. The topological polar surface area (TPSA) is 79.4 Å². The van der Waals surface area contributed by atoms with E-state index in [1.165, 1.54) is 4.90 Å². The Morgan fingerprint density at radius 2 is 1.80 bits per heavy atom. The van der Waals surface area contributed by atoms with Crippen molar-refractivity contribution in [1.82, 2.24) is 14.6 Å². The Kier molecular flexibility index (Phi) is 6.27. The average Bonchev–Trinajstić information content (AvgIpc) is 2.60. The molecule has 2 rings (SSSR count). The van der Waals surface area contributed by atoms with Crippen molar-refractivity contribution in [2.45, 2.75) is 25.2 Å². The van der Waals surface area contributed by atoms with Gasteiger partial charge in [-0.25, -0.2) is 13.1 Å². The lowest BCUT2D eigenvalue weighted by molar-refractivity contribution is -0.128. The molecule has 0 aliphatic heterocycles. The molecule has 0 saturated carbocycles. The monoisotopic (exact) mass is 361 g/mol. The summed E-state index contributed by atoms with van der Waals surface area (Å²) in [5, 5.41) is 0. The van der Waals surface area contributed by atoms with Crippen LogP contribution in [0, 0.1) is 13.8 Å². The number of nitrogens with zero attached hydrogens (tertiary/aromatic N) is 2. The molecule has 0 aliphatic carbocycles. The van der Waals surface area contributed by atoms with Gasteiger partial charge in [0.1, 0.15) is 0 Å². The van der Waals surface area contributed by atoms with E-state index in [0.29, 0.717) is 13.0 Å². The molecule has 1 heterocycles. The van der Waals surface area contributed by atoms with Crippen LogP contribution in [-0.2, 0) is 21.2 Å². The Hall–Kier alpha value is -2.25. The lowest BCUT2D eigenvalue weighted by Gasteiger charge is -2.17. The van der Waals surface area contributed by atoms with Gasteiger partial charge in [0.05, 0.1) is 11.4 Å². The molecule has 0 radical (unpaired) electrons. The molecule has 6 nitrogen and oxygen atoms in total. The lowest BCUT2D eigenvalue weighted by Crippen LogP contribution is -2.39. The number of hydrogen-bond acceptors (Lipinski definition) is 4. The number of likely N-dealkylation sites (N-methyl/N-ethyl adjacent to an activating group) is 1. The molecule has 0 bridgehead atoms. The Balaban J connectivity index is 1.90. The molecule has 25 heavy (non-hydrogen) atoms. The van der Waals surface area contributed by atoms with Crippen LogP contribution in [0.3, 0.4) is 0 Å². The first-order valence-electron chi connectivity index (χ1n) is 7.99. The van der Waals surface area contributed by atoms with E-state index in [1.807, 2.05) is 26.0 Å². The predicted molar refractivity (Wildman–Crippen MR) is 96.7 cm³/mol. The minimum atomic E-state index is -3.70. The highest BCUT2D eigenvalue weighted by Crippen LogP contribution is 2.14. The highest BCUT2D eigenvalue weighted by Gasteiger charge is 2.17. The van der Waals surface area contributed by atoms with Crippen molar-refractivity contribution in [2.75, 3.05) is 20.1 Å². The molecule has 0 atom stereocenters. The fraction of sp³-hybridized carbons (Fsp3) is 0.333. The van der Waals surface area contributed by atoms with E-state index >= 15 is 0 Å². The molecule has 7 heteroatoms. The summed E-state index contributed by atoms with van der Waals surface area (Å²) in [4.78, 5) is 17.8. The van der Waals surface area contributed by atoms with Gasteiger partial charge in [0.25, 0.3) is 0 Å².